The quantitative estimate of drug-likeness (QED) is 0.580. The van der Waals surface area contributed by atoms with Gasteiger partial charge in [-0.05, 0) is 28.1 Å². The molecule has 0 spiro atoms. The van der Waals surface area contributed by atoms with Crippen molar-refractivity contribution in [3.05, 3.63) is 33.5 Å². The van der Waals surface area contributed by atoms with Crippen LogP contribution in [-0.2, 0) is 0 Å². The lowest BCUT2D eigenvalue weighted by molar-refractivity contribution is 0.433. The van der Waals surface area contributed by atoms with E-state index in [0.29, 0.717) is 4.48 Å². The van der Waals surface area contributed by atoms with E-state index in [1.165, 1.54) is 12.2 Å². The molecule has 0 radical (unpaired) electrons. The van der Waals surface area contributed by atoms with Crippen molar-refractivity contribution in [3.8, 4) is 0 Å². The summed E-state index contributed by atoms with van der Waals surface area (Å²) in [6.07, 6.45) is 2.92. The first-order valence-electron chi connectivity index (χ1n) is 2.30. The molecule has 1 N–H and O–H groups in total. The molecule has 0 fully saturated rings. The van der Waals surface area contributed by atoms with Gasteiger partial charge in [-0.3, -0.25) is 0 Å². The molecule has 10 heavy (non-hydrogen) atoms. The van der Waals surface area contributed by atoms with Crippen molar-refractivity contribution in [3.63, 3.8) is 0 Å². The van der Waals surface area contributed by atoms with Crippen LogP contribution in [0.2, 0.25) is 0 Å². The van der Waals surface area contributed by atoms with Crippen LogP contribution in [0.5, 0.6) is 0 Å². The number of hydrogen-bond donors (Lipinski definition) is 1. The van der Waals surface area contributed by atoms with Gasteiger partial charge in [-0.25, -0.2) is 0 Å². The zero-order chi connectivity index (χ0) is 8.15. The van der Waals surface area contributed by atoms with Crippen LogP contribution >= 0.6 is 39.1 Å². The van der Waals surface area contributed by atoms with Crippen LogP contribution in [0.1, 0.15) is 0 Å². The van der Waals surface area contributed by atoms with Gasteiger partial charge in [0, 0.05) is 0 Å². The Morgan fingerprint density at radius 3 is 2.20 bits per heavy atom. The lowest BCUT2D eigenvalue weighted by atomic mass is 10.4. The summed E-state index contributed by atoms with van der Waals surface area (Å²) in [5, 5.41) is 8.71. The standard InChI is InChI=1S/C6H5BrCl2O/c1-4(10)5(7)2-3-6(8)9/h2-3,10H,1H2/b5-2+. The highest BCUT2D eigenvalue weighted by Crippen LogP contribution is 2.14. The van der Waals surface area contributed by atoms with Crippen molar-refractivity contribution in [2.45, 2.75) is 0 Å². The monoisotopic (exact) mass is 242 g/mol. The van der Waals surface area contributed by atoms with Crippen LogP contribution in [0, 0.1) is 0 Å². The van der Waals surface area contributed by atoms with Crippen LogP contribution in [-0.4, -0.2) is 5.11 Å². The Morgan fingerprint density at radius 2 is 1.90 bits per heavy atom. The first-order valence-corrected chi connectivity index (χ1v) is 3.85. The average Bonchev–Trinajstić information content (AvgIpc) is 1.82. The Kier molecular flexibility index (Phi) is 4.87. The molecule has 0 aliphatic rings. The second-order valence-electron chi connectivity index (χ2n) is 1.42. The second kappa shape index (κ2) is 4.83. The lowest BCUT2D eigenvalue weighted by Crippen LogP contribution is -1.73. The van der Waals surface area contributed by atoms with Gasteiger partial charge in [0.05, 0.1) is 4.48 Å². The predicted molar refractivity (Wildman–Crippen MR) is 48.6 cm³/mol. The number of halogens is 3. The molecule has 0 saturated carbocycles. The fraction of sp³-hybridized carbons (Fsp3) is 0. The van der Waals surface area contributed by atoms with E-state index in [9.17, 15) is 0 Å². The van der Waals surface area contributed by atoms with Gasteiger partial charge in [0.2, 0.25) is 0 Å². The van der Waals surface area contributed by atoms with E-state index >= 15 is 0 Å². The molecule has 1 nitrogen and oxygen atoms in total. The average molecular weight is 244 g/mol. The molecule has 0 atom stereocenters. The molecule has 0 saturated heterocycles. The first-order chi connectivity index (χ1) is 4.54. The number of aliphatic hydroxyl groups excluding tert-OH is 1. The minimum atomic E-state index is -0.0640. The molecule has 0 aliphatic carbocycles. The van der Waals surface area contributed by atoms with Gasteiger partial charge < -0.3 is 5.11 Å². The van der Waals surface area contributed by atoms with E-state index in [2.05, 4.69) is 22.5 Å². The second-order valence-corrected chi connectivity index (χ2v) is 3.28. The number of rotatable bonds is 2. The Morgan fingerprint density at radius 1 is 1.40 bits per heavy atom. The zero-order valence-electron chi connectivity index (χ0n) is 4.94. The number of hydrogen-bond acceptors (Lipinski definition) is 1. The SMILES string of the molecule is C=C(O)/C(Br)=C\C=C(Cl)Cl. The van der Waals surface area contributed by atoms with Crippen molar-refractivity contribution in [2.24, 2.45) is 0 Å². The van der Waals surface area contributed by atoms with E-state index in [1.54, 1.807) is 0 Å². The fourth-order valence-corrected chi connectivity index (χ4v) is 0.491. The van der Waals surface area contributed by atoms with Gasteiger partial charge >= 0.3 is 0 Å². The molecule has 0 aliphatic heterocycles. The van der Waals surface area contributed by atoms with Crippen LogP contribution < -0.4 is 0 Å². The molecule has 0 aromatic carbocycles. The summed E-state index contributed by atoms with van der Waals surface area (Å²) in [5.74, 6) is -0.0640. The third kappa shape index (κ3) is 4.91. The predicted octanol–water partition coefficient (Wildman–Crippen LogP) is 3.66. The molecular formula is C6H5BrCl2O. The summed E-state index contributed by atoms with van der Waals surface area (Å²) in [6.45, 7) is 3.26. The molecule has 0 heterocycles. The number of allylic oxidation sites excluding steroid dienone is 3. The smallest absolute Gasteiger partial charge is 0.122 e. The Labute approximate surface area is 77.8 Å². The topological polar surface area (TPSA) is 20.2 Å². The Bertz CT molecular complexity index is 192. The summed E-state index contributed by atoms with van der Waals surface area (Å²) in [7, 11) is 0. The van der Waals surface area contributed by atoms with E-state index in [0.717, 1.165) is 0 Å². The van der Waals surface area contributed by atoms with Crippen LogP contribution in [0.3, 0.4) is 0 Å². The molecule has 0 unspecified atom stereocenters. The molecule has 0 aromatic rings. The molecule has 0 amide bonds. The van der Waals surface area contributed by atoms with Crippen molar-refractivity contribution < 1.29 is 5.11 Å². The maximum Gasteiger partial charge on any atom is 0.122 e. The van der Waals surface area contributed by atoms with Gasteiger partial charge in [-0.1, -0.05) is 29.8 Å². The van der Waals surface area contributed by atoms with Gasteiger partial charge in [-0.15, -0.1) is 0 Å². The molecule has 0 rings (SSSR count). The van der Waals surface area contributed by atoms with Gasteiger partial charge in [0.25, 0.3) is 0 Å². The summed E-state index contributed by atoms with van der Waals surface area (Å²) in [4.78, 5) is 0. The number of aliphatic hydroxyl groups is 1. The molecule has 0 aromatic heterocycles. The maximum absolute atomic E-state index is 8.71. The molecule has 4 heteroatoms. The van der Waals surface area contributed by atoms with Crippen molar-refractivity contribution >= 4 is 39.1 Å². The highest BCUT2D eigenvalue weighted by atomic mass is 79.9. The molecule has 0 bridgehead atoms. The van der Waals surface area contributed by atoms with E-state index in [-0.39, 0.29) is 10.3 Å². The van der Waals surface area contributed by atoms with Gasteiger partial charge in [0.1, 0.15) is 10.3 Å². The van der Waals surface area contributed by atoms with Gasteiger partial charge in [-0.2, -0.15) is 0 Å². The largest absolute Gasteiger partial charge is 0.507 e. The normalized spacial score (nSPS) is 10.9. The highest BCUT2D eigenvalue weighted by Gasteiger charge is 1.91. The van der Waals surface area contributed by atoms with E-state index in [1.807, 2.05) is 0 Å². The third-order valence-corrected chi connectivity index (χ3v) is 1.61. The first kappa shape index (κ1) is 10.1. The van der Waals surface area contributed by atoms with Crippen molar-refractivity contribution in [2.75, 3.05) is 0 Å². The zero-order valence-corrected chi connectivity index (χ0v) is 8.04. The van der Waals surface area contributed by atoms with Gasteiger partial charge in [0.15, 0.2) is 0 Å². The summed E-state index contributed by atoms with van der Waals surface area (Å²) in [6, 6.07) is 0. The summed E-state index contributed by atoms with van der Waals surface area (Å²) < 4.78 is 0.574. The Hall–Kier alpha value is 0.0800. The lowest BCUT2D eigenvalue weighted by Gasteiger charge is -1.90. The highest BCUT2D eigenvalue weighted by molar-refractivity contribution is 9.11. The van der Waals surface area contributed by atoms with Crippen molar-refractivity contribution in [1.29, 1.82) is 0 Å². The van der Waals surface area contributed by atoms with E-state index in [4.69, 9.17) is 28.3 Å². The minimum Gasteiger partial charge on any atom is -0.507 e. The van der Waals surface area contributed by atoms with Crippen LogP contribution in [0.25, 0.3) is 0 Å². The fourth-order valence-electron chi connectivity index (χ4n) is 0.232. The summed E-state index contributed by atoms with van der Waals surface area (Å²) in [5.41, 5.74) is 0. The Balaban J connectivity index is 4.19. The molecule has 56 valence electrons. The van der Waals surface area contributed by atoms with Crippen molar-refractivity contribution in [1.82, 2.24) is 0 Å². The molecular weight excluding hydrogens is 239 g/mol. The van der Waals surface area contributed by atoms with Crippen LogP contribution in [0.15, 0.2) is 33.5 Å². The maximum atomic E-state index is 8.71. The summed E-state index contributed by atoms with van der Waals surface area (Å²) >= 11 is 13.6. The van der Waals surface area contributed by atoms with E-state index < -0.39 is 0 Å². The van der Waals surface area contributed by atoms with Crippen LogP contribution in [0.4, 0.5) is 0 Å². The minimum absolute atomic E-state index is 0.0640. The third-order valence-electron chi connectivity index (χ3n) is 0.631.